The van der Waals surface area contributed by atoms with Crippen LogP contribution in [0.25, 0.3) is 0 Å². The van der Waals surface area contributed by atoms with E-state index in [-0.39, 0.29) is 6.04 Å². The number of para-hydroxylation sites is 1. The molecule has 1 heterocycles. The highest BCUT2D eigenvalue weighted by atomic mass is 14.9. The quantitative estimate of drug-likeness (QED) is 0.755. The molecule has 0 amide bonds. The summed E-state index contributed by atoms with van der Waals surface area (Å²) in [7, 11) is 0. The SMILES string of the molecule is [2H]N1c2ccccc2CCC1c1ccccc1. The van der Waals surface area contributed by atoms with Crippen molar-refractivity contribution in [3.63, 3.8) is 0 Å². The van der Waals surface area contributed by atoms with Crippen LogP contribution in [-0.2, 0) is 6.42 Å². The molecule has 0 bridgehead atoms. The normalized spacial score (nSPS) is 20.1. The van der Waals surface area contributed by atoms with Crippen LogP contribution >= 0.6 is 0 Å². The first kappa shape index (κ1) is 8.40. The van der Waals surface area contributed by atoms with Gasteiger partial charge in [0, 0.05) is 5.69 Å². The molecular formula is C15H15N. The van der Waals surface area contributed by atoms with Gasteiger partial charge in [-0.05, 0) is 30.0 Å². The average molecular weight is 210 g/mol. The van der Waals surface area contributed by atoms with Crippen LogP contribution in [0.1, 0.15) is 23.6 Å². The van der Waals surface area contributed by atoms with E-state index in [4.69, 9.17) is 1.41 Å². The van der Waals surface area contributed by atoms with Gasteiger partial charge < -0.3 is 5.31 Å². The average Bonchev–Trinajstić information content (AvgIpc) is 2.40. The Kier molecular flexibility index (Phi) is 2.11. The Labute approximate surface area is 97.6 Å². The number of benzene rings is 2. The van der Waals surface area contributed by atoms with E-state index in [0.717, 1.165) is 18.5 Å². The predicted octanol–water partition coefficient (Wildman–Crippen LogP) is 3.79. The number of nitrogens with one attached hydrogen (secondary N) is 1. The van der Waals surface area contributed by atoms with Gasteiger partial charge in [-0.3, -0.25) is 0 Å². The predicted molar refractivity (Wildman–Crippen MR) is 67.6 cm³/mol. The number of aryl methyl sites for hydroxylation is 1. The maximum Gasteiger partial charge on any atom is 0.161 e. The van der Waals surface area contributed by atoms with E-state index < -0.39 is 0 Å². The fourth-order valence-electron chi connectivity index (χ4n) is 2.29. The summed E-state index contributed by atoms with van der Waals surface area (Å²) in [5.74, 6) is 0. The molecule has 0 radical (unpaired) electrons. The molecule has 0 aliphatic carbocycles. The molecule has 0 aromatic heterocycles. The van der Waals surface area contributed by atoms with Crippen LogP contribution < -0.4 is 5.31 Å². The van der Waals surface area contributed by atoms with Crippen molar-refractivity contribution in [3.8, 4) is 0 Å². The number of hydrogen-bond donors (Lipinski definition) is 1. The lowest BCUT2D eigenvalue weighted by Gasteiger charge is -2.27. The Morgan fingerprint density at radius 1 is 1.00 bits per heavy atom. The molecule has 80 valence electrons. The van der Waals surface area contributed by atoms with Gasteiger partial charge in [0.1, 0.15) is 0 Å². The lowest BCUT2D eigenvalue weighted by Crippen LogP contribution is -2.17. The van der Waals surface area contributed by atoms with E-state index in [9.17, 15) is 0 Å². The number of rotatable bonds is 1. The molecule has 0 saturated heterocycles. The summed E-state index contributed by atoms with van der Waals surface area (Å²) in [4.78, 5) is 0. The molecule has 2 aromatic carbocycles. The molecule has 1 unspecified atom stereocenters. The van der Waals surface area contributed by atoms with Crippen LogP contribution in [0.2, 0.25) is 1.41 Å². The van der Waals surface area contributed by atoms with Crippen molar-refractivity contribution in [3.05, 3.63) is 65.7 Å². The first-order valence-electron chi connectivity index (χ1n) is 6.22. The second-order valence-electron chi connectivity index (χ2n) is 4.22. The Balaban J connectivity index is 1.97. The molecule has 16 heavy (non-hydrogen) atoms. The summed E-state index contributed by atoms with van der Waals surface area (Å²) in [6.45, 7) is 0. The summed E-state index contributed by atoms with van der Waals surface area (Å²) >= 11 is 0. The molecule has 1 aliphatic rings. The molecule has 0 fully saturated rings. The van der Waals surface area contributed by atoms with Crippen molar-refractivity contribution in [1.29, 1.82) is 0 Å². The minimum atomic E-state index is 0.186. The van der Waals surface area contributed by atoms with Crippen molar-refractivity contribution in [2.75, 3.05) is 5.31 Å². The molecule has 0 saturated carbocycles. The monoisotopic (exact) mass is 210 g/mol. The third-order valence-electron chi connectivity index (χ3n) is 3.16. The van der Waals surface area contributed by atoms with Crippen LogP contribution in [0.3, 0.4) is 0 Å². The summed E-state index contributed by atoms with van der Waals surface area (Å²) in [6, 6.07) is 18.7. The zero-order valence-corrected chi connectivity index (χ0v) is 9.13. The second-order valence-corrected chi connectivity index (χ2v) is 4.22. The van der Waals surface area contributed by atoms with E-state index in [1.165, 1.54) is 11.1 Å². The molecule has 1 nitrogen and oxygen atoms in total. The standard InChI is InChI=1S/C15H15N/c1-2-6-12(7-3-1)15-11-10-13-8-4-5-9-14(13)16-15/h1-9,15-16H,10-11H2/i/hD. The van der Waals surface area contributed by atoms with Gasteiger partial charge in [0.05, 0.1) is 6.04 Å². The van der Waals surface area contributed by atoms with Gasteiger partial charge in [-0.25, -0.2) is 0 Å². The molecule has 1 N–H and O–H groups in total. The van der Waals surface area contributed by atoms with Crippen LogP contribution in [0, 0.1) is 0 Å². The molecule has 1 aliphatic heterocycles. The highest BCUT2D eigenvalue weighted by Crippen LogP contribution is 2.31. The second kappa shape index (κ2) is 4.01. The summed E-state index contributed by atoms with van der Waals surface area (Å²) < 4.78 is 8.28. The number of hydrogen-bond acceptors (Lipinski definition) is 1. The highest BCUT2D eigenvalue weighted by molar-refractivity contribution is 5.54. The first-order chi connectivity index (χ1) is 8.36. The van der Waals surface area contributed by atoms with Gasteiger partial charge in [0.2, 0.25) is 0 Å². The third-order valence-corrected chi connectivity index (χ3v) is 3.16. The Morgan fingerprint density at radius 2 is 1.75 bits per heavy atom. The maximum atomic E-state index is 8.28. The van der Waals surface area contributed by atoms with E-state index in [0.29, 0.717) is 0 Å². The zero-order valence-electron chi connectivity index (χ0n) is 10.1. The van der Waals surface area contributed by atoms with Crippen molar-refractivity contribution in [1.82, 2.24) is 0 Å². The summed E-state index contributed by atoms with van der Waals surface area (Å²) in [6.07, 6.45) is 2.08. The first-order valence-corrected chi connectivity index (χ1v) is 5.77. The largest absolute Gasteiger partial charge is 0.378 e. The van der Waals surface area contributed by atoms with Crippen LogP contribution in [0.15, 0.2) is 54.6 Å². The van der Waals surface area contributed by atoms with Gasteiger partial charge in [0.25, 0.3) is 0 Å². The Hall–Kier alpha value is -1.76. The molecule has 2 aromatic rings. The van der Waals surface area contributed by atoms with Gasteiger partial charge in [-0.1, -0.05) is 48.5 Å². The van der Waals surface area contributed by atoms with Crippen LogP contribution in [0.5, 0.6) is 0 Å². The highest BCUT2D eigenvalue weighted by Gasteiger charge is 2.17. The topological polar surface area (TPSA) is 12.0 Å². The van der Waals surface area contributed by atoms with Crippen molar-refractivity contribution in [2.45, 2.75) is 18.9 Å². The van der Waals surface area contributed by atoms with Crippen LogP contribution in [-0.4, -0.2) is 0 Å². The number of fused-ring (bicyclic) bond motifs is 1. The zero-order chi connectivity index (χ0) is 11.7. The van der Waals surface area contributed by atoms with E-state index in [1.54, 1.807) is 5.31 Å². The fraction of sp³-hybridized carbons (Fsp3) is 0.200. The Morgan fingerprint density at radius 3 is 2.62 bits per heavy atom. The van der Waals surface area contributed by atoms with E-state index >= 15 is 0 Å². The Bertz CT molecular complexity index is 509. The van der Waals surface area contributed by atoms with Gasteiger partial charge in [0.15, 0.2) is 1.41 Å². The van der Waals surface area contributed by atoms with Crippen molar-refractivity contribution < 1.29 is 1.41 Å². The molecular weight excluding hydrogens is 194 g/mol. The molecule has 1 atom stereocenters. The molecule has 1 heteroatoms. The minimum Gasteiger partial charge on any atom is -0.378 e. The van der Waals surface area contributed by atoms with Crippen molar-refractivity contribution >= 4 is 5.69 Å². The molecule has 3 rings (SSSR count). The third kappa shape index (κ3) is 1.69. The van der Waals surface area contributed by atoms with Crippen molar-refractivity contribution in [2.24, 2.45) is 0 Å². The van der Waals surface area contributed by atoms with Gasteiger partial charge in [-0.15, -0.1) is 0 Å². The van der Waals surface area contributed by atoms with Gasteiger partial charge in [-0.2, -0.15) is 0 Å². The van der Waals surface area contributed by atoms with Crippen LogP contribution in [0.4, 0.5) is 5.69 Å². The minimum absolute atomic E-state index is 0.186. The lowest BCUT2D eigenvalue weighted by atomic mass is 9.94. The summed E-state index contributed by atoms with van der Waals surface area (Å²) in [5, 5.41) is 1.66. The van der Waals surface area contributed by atoms with E-state index in [1.807, 2.05) is 30.3 Å². The lowest BCUT2D eigenvalue weighted by molar-refractivity contribution is 0.668. The molecule has 0 spiro atoms. The van der Waals surface area contributed by atoms with E-state index in [2.05, 4.69) is 24.3 Å². The van der Waals surface area contributed by atoms with Gasteiger partial charge >= 0.3 is 0 Å². The smallest absolute Gasteiger partial charge is 0.161 e. The number of anilines is 1. The fourth-order valence-corrected chi connectivity index (χ4v) is 2.29. The maximum absolute atomic E-state index is 8.28. The summed E-state index contributed by atoms with van der Waals surface area (Å²) in [5.41, 5.74) is 3.57.